The Balaban J connectivity index is 2.01. The summed E-state index contributed by atoms with van der Waals surface area (Å²) in [6.45, 7) is 3.80. The molecule has 1 aliphatic rings. The number of likely N-dealkylation sites (N-methyl/N-ethyl adjacent to an activating group) is 1. The fourth-order valence-corrected chi connectivity index (χ4v) is 2.29. The Morgan fingerprint density at radius 2 is 2.33 bits per heavy atom. The van der Waals surface area contributed by atoms with Crippen molar-refractivity contribution in [2.45, 2.75) is 6.54 Å². The van der Waals surface area contributed by atoms with E-state index in [4.69, 9.17) is 0 Å². The van der Waals surface area contributed by atoms with Gasteiger partial charge in [-0.2, -0.15) is 0 Å². The van der Waals surface area contributed by atoms with E-state index in [1.807, 2.05) is 25.4 Å². The third-order valence-electron chi connectivity index (χ3n) is 3.29. The van der Waals surface area contributed by atoms with Crippen LogP contribution in [0.5, 0.6) is 0 Å². The average molecular weight is 249 g/mol. The van der Waals surface area contributed by atoms with Gasteiger partial charge >= 0.3 is 5.97 Å². The quantitative estimate of drug-likeness (QED) is 0.847. The van der Waals surface area contributed by atoms with Crippen LogP contribution < -0.4 is 0 Å². The van der Waals surface area contributed by atoms with Crippen LogP contribution in [0.25, 0.3) is 0 Å². The highest BCUT2D eigenvalue weighted by Crippen LogP contribution is 2.12. The minimum absolute atomic E-state index is 0.311. The van der Waals surface area contributed by atoms with Gasteiger partial charge in [0.1, 0.15) is 0 Å². The first kappa shape index (κ1) is 13.0. The van der Waals surface area contributed by atoms with Gasteiger partial charge in [-0.1, -0.05) is 6.07 Å². The Kier molecular flexibility index (Phi) is 4.28. The summed E-state index contributed by atoms with van der Waals surface area (Å²) < 4.78 is 0. The summed E-state index contributed by atoms with van der Waals surface area (Å²) in [5.41, 5.74) is 1.13. The van der Waals surface area contributed by atoms with E-state index in [1.54, 1.807) is 6.20 Å². The van der Waals surface area contributed by atoms with Crippen molar-refractivity contribution in [2.75, 3.05) is 33.2 Å². The molecular weight excluding hydrogens is 230 g/mol. The van der Waals surface area contributed by atoms with Crippen molar-refractivity contribution in [3.05, 3.63) is 30.1 Å². The van der Waals surface area contributed by atoms with E-state index in [-0.39, 0.29) is 5.92 Å². The lowest BCUT2D eigenvalue weighted by Gasteiger charge is -2.21. The number of hydrogen-bond acceptors (Lipinski definition) is 4. The lowest BCUT2D eigenvalue weighted by molar-refractivity contribution is -0.142. The van der Waals surface area contributed by atoms with Crippen molar-refractivity contribution >= 4 is 5.97 Å². The minimum atomic E-state index is -0.708. The van der Waals surface area contributed by atoms with Crippen molar-refractivity contribution in [1.82, 2.24) is 14.8 Å². The highest BCUT2D eigenvalue weighted by Gasteiger charge is 2.26. The van der Waals surface area contributed by atoms with E-state index in [0.717, 1.165) is 25.2 Å². The predicted molar refractivity (Wildman–Crippen MR) is 68.1 cm³/mol. The van der Waals surface area contributed by atoms with E-state index in [1.165, 1.54) is 0 Å². The molecule has 1 fully saturated rings. The number of carboxylic acids is 1. The molecule has 98 valence electrons. The third kappa shape index (κ3) is 3.51. The molecule has 0 aromatic carbocycles. The Bertz CT molecular complexity index is 396. The average Bonchev–Trinajstić information content (AvgIpc) is 2.53. The van der Waals surface area contributed by atoms with E-state index in [9.17, 15) is 9.90 Å². The first-order valence-corrected chi connectivity index (χ1v) is 6.18. The number of rotatable bonds is 3. The van der Waals surface area contributed by atoms with E-state index >= 15 is 0 Å². The van der Waals surface area contributed by atoms with E-state index in [0.29, 0.717) is 13.1 Å². The van der Waals surface area contributed by atoms with Gasteiger partial charge in [-0.25, -0.2) is 0 Å². The predicted octanol–water partition coefficient (Wildman–Crippen LogP) is 0.530. The molecular formula is C13H19N3O2. The maximum absolute atomic E-state index is 11.2. The molecule has 2 rings (SSSR count). The largest absolute Gasteiger partial charge is 0.481 e. The highest BCUT2D eigenvalue weighted by atomic mass is 16.4. The smallest absolute Gasteiger partial charge is 0.309 e. The Labute approximate surface area is 107 Å². The fourth-order valence-electron chi connectivity index (χ4n) is 2.29. The molecule has 2 heterocycles. The molecule has 1 atom stereocenters. The number of hydrogen-bond donors (Lipinski definition) is 1. The van der Waals surface area contributed by atoms with Crippen molar-refractivity contribution < 1.29 is 9.90 Å². The third-order valence-corrected chi connectivity index (χ3v) is 3.29. The molecule has 1 N–H and O–H groups in total. The van der Waals surface area contributed by atoms with Gasteiger partial charge in [-0.05, 0) is 18.7 Å². The Morgan fingerprint density at radius 1 is 1.50 bits per heavy atom. The zero-order valence-corrected chi connectivity index (χ0v) is 10.6. The molecule has 0 bridgehead atoms. The second-order valence-corrected chi connectivity index (χ2v) is 4.89. The molecule has 1 aromatic heterocycles. The number of carbonyl (C=O) groups is 1. The standard InChI is InChI=1S/C13H19N3O2/c1-15-5-6-16(10-12(9-15)13(17)18)8-11-3-2-4-14-7-11/h2-4,7,12H,5-6,8-10H2,1H3,(H,17,18). The van der Waals surface area contributed by atoms with Crippen molar-refractivity contribution in [1.29, 1.82) is 0 Å². The van der Waals surface area contributed by atoms with Crippen LogP contribution in [-0.2, 0) is 11.3 Å². The number of aromatic nitrogens is 1. The molecule has 1 aliphatic heterocycles. The summed E-state index contributed by atoms with van der Waals surface area (Å²) in [6.07, 6.45) is 3.59. The summed E-state index contributed by atoms with van der Waals surface area (Å²) in [7, 11) is 1.98. The number of nitrogens with zero attached hydrogens (tertiary/aromatic N) is 3. The highest BCUT2D eigenvalue weighted by molar-refractivity contribution is 5.70. The number of aliphatic carboxylic acids is 1. The maximum atomic E-state index is 11.2. The second-order valence-electron chi connectivity index (χ2n) is 4.89. The zero-order valence-electron chi connectivity index (χ0n) is 10.6. The molecule has 1 unspecified atom stereocenters. The Hall–Kier alpha value is -1.46. The van der Waals surface area contributed by atoms with Gasteiger partial charge in [0.25, 0.3) is 0 Å². The first-order chi connectivity index (χ1) is 8.65. The van der Waals surface area contributed by atoms with Gasteiger partial charge in [0, 0.05) is 45.1 Å². The molecule has 0 amide bonds. The first-order valence-electron chi connectivity index (χ1n) is 6.18. The van der Waals surface area contributed by atoms with Crippen LogP contribution >= 0.6 is 0 Å². The van der Waals surface area contributed by atoms with Gasteiger partial charge in [0.2, 0.25) is 0 Å². The van der Waals surface area contributed by atoms with E-state index < -0.39 is 5.97 Å². The monoisotopic (exact) mass is 249 g/mol. The zero-order chi connectivity index (χ0) is 13.0. The summed E-state index contributed by atoms with van der Waals surface area (Å²) in [5, 5.41) is 9.20. The van der Waals surface area contributed by atoms with Gasteiger partial charge in [-0.15, -0.1) is 0 Å². The molecule has 18 heavy (non-hydrogen) atoms. The van der Waals surface area contributed by atoms with Crippen molar-refractivity contribution in [2.24, 2.45) is 5.92 Å². The molecule has 1 saturated heterocycles. The Morgan fingerprint density at radius 3 is 3.00 bits per heavy atom. The van der Waals surface area contributed by atoms with Gasteiger partial charge in [-0.3, -0.25) is 14.7 Å². The molecule has 1 aromatic rings. The second kappa shape index (κ2) is 5.93. The number of pyridine rings is 1. The molecule has 5 nitrogen and oxygen atoms in total. The summed E-state index contributed by atoms with van der Waals surface area (Å²) in [4.78, 5) is 19.6. The minimum Gasteiger partial charge on any atom is -0.481 e. The van der Waals surface area contributed by atoms with Gasteiger partial charge in [0.15, 0.2) is 0 Å². The van der Waals surface area contributed by atoms with Crippen LogP contribution in [0, 0.1) is 5.92 Å². The van der Waals surface area contributed by atoms with Crippen LogP contribution in [0.2, 0.25) is 0 Å². The van der Waals surface area contributed by atoms with Crippen LogP contribution in [0.3, 0.4) is 0 Å². The molecule has 0 spiro atoms. The van der Waals surface area contributed by atoms with Gasteiger partial charge < -0.3 is 10.0 Å². The summed E-state index contributed by atoms with van der Waals surface area (Å²) >= 11 is 0. The van der Waals surface area contributed by atoms with Crippen LogP contribution in [0.1, 0.15) is 5.56 Å². The lowest BCUT2D eigenvalue weighted by atomic mass is 10.1. The topological polar surface area (TPSA) is 56.7 Å². The maximum Gasteiger partial charge on any atom is 0.309 e. The summed E-state index contributed by atoms with van der Waals surface area (Å²) in [5.74, 6) is -1.02. The molecule has 0 radical (unpaired) electrons. The molecule has 0 aliphatic carbocycles. The van der Waals surface area contributed by atoms with E-state index in [2.05, 4.69) is 14.8 Å². The van der Waals surface area contributed by atoms with Crippen LogP contribution in [0.4, 0.5) is 0 Å². The van der Waals surface area contributed by atoms with Gasteiger partial charge in [0.05, 0.1) is 5.92 Å². The summed E-state index contributed by atoms with van der Waals surface area (Å²) in [6, 6.07) is 3.94. The lowest BCUT2D eigenvalue weighted by Crippen LogP contribution is -2.33. The van der Waals surface area contributed by atoms with Crippen LogP contribution in [0.15, 0.2) is 24.5 Å². The van der Waals surface area contributed by atoms with Crippen molar-refractivity contribution in [3.8, 4) is 0 Å². The van der Waals surface area contributed by atoms with Crippen molar-refractivity contribution in [3.63, 3.8) is 0 Å². The molecule has 5 heteroatoms. The SMILES string of the molecule is CN1CCN(Cc2cccnc2)CC(C(=O)O)C1. The van der Waals surface area contributed by atoms with Crippen LogP contribution in [-0.4, -0.2) is 59.1 Å². The fraction of sp³-hybridized carbons (Fsp3) is 0.538. The number of carboxylic acid groups (broad SMARTS) is 1. The molecule has 0 saturated carbocycles. The normalized spacial score (nSPS) is 22.6.